The molecule has 1 N–H and O–H groups in total. The highest BCUT2D eigenvalue weighted by Crippen LogP contribution is 2.29. The third kappa shape index (κ3) is 0.793. The zero-order valence-electron chi connectivity index (χ0n) is 4.85. The molecule has 45 valence electrons. The molecule has 1 aliphatic heterocycles. The van der Waals surface area contributed by atoms with Crippen molar-refractivity contribution in [2.75, 3.05) is 4.72 Å². The molecule has 0 saturated carbocycles. The second-order valence-electron chi connectivity index (χ2n) is 1.97. The van der Waals surface area contributed by atoms with Crippen molar-refractivity contribution in [1.29, 1.82) is 0 Å². The Balaban J connectivity index is 2.54. The minimum absolute atomic E-state index is 1.08. The van der Waals surface area contributed by atoms with E-state index in [1.165, 1.54) is 11.3 Å². The average Bonchev–Trinajstić information content (AvgIpc) is 2.33. The molecule has 0 saturated heterocycles. The maximum atomic E-state index is 3.20. The van der Waals surface area contributed by atoms with Crippen molar-refractivity contribution in [3.05, 3.63) is 29.8 Å². The molecule has 0 aromatic heterocycles. The fourth-order valence-electron chi connectivity index (χ4n) is 0.876. The lowest BCUT2D eigenvalue weighted by Crippen LogP contribution is -1.76. The van der Waals surface area contributed by atoms with Crippen LogP contribution >= 0.6 is 11.9 Å². The maximum Gasteiger partial charge on any atom is 0.0481 e. The molecule has 0 bridgehead atoms. The van der Waals surface area contributed by atoms with Gasteiger partial charge in [-0.15, -0.1) is 0 Å². The van der Waals surface area contributed by atoms with Gasteiger partial charge in [-0.1, -0.05) is 6.07 Å². The Bertz CT molecular complexity index is 199. The van der Waals surface area contributed by atoms with E-state index < -0.39 is 0 Å². The van der Waals surface area contributed by atoms with Crippen LogP contribution in [-0.2, 0) is 5.75 Å². The molecule has 2 heteroatoms. The smallest absolute Gasteiger partial charge is 0.0481 e. The molecule has 1 nitrogen and oxygen atoms in total. The molecule has 1 radical (unpaired) electrons. The van der Waals surface area contributed by atoms with Crippen LogP contribution in [0.15, 0.2) is 18.2 Å². The lowest BCUT2D eigenvalue weighted by molar-refractivity contribution is 1.46. The van der Waals surface area contributed by atoms with E-state index in [1.807, 2.05) is 12.1 Å². The topological polar surface area (TPSA) is 12.0 Å². The van der Waals surface area contributed by atoms with Crippen LogP contribution in [0.4, 0.5) is 5.69 Å². The summed E-state index contributed by atoms with van der Waals surface area (Å²) in [5, 5.41) is 0. The Hall–Kier alpha value is -0.630. The Morgan fingerprint density at radius 1 is 1.67 bits per heavy atom. The zero-order chi connectivity index (χ0) is 6.10. The van der Waals surface area contributed by atoms with E-state index in [9.17, 15) is 0 Å². The van der Waals surface area contributed by atoms with E-state index in [-0.39, 0.29) is 0 Å². The maximum absolute atomic E-state index is 3.20. The highest BCUT2D eigenvalue weighted by Gasteiger charge is 2.07. The molecule has 1 aromatic rings. The summed E-state index contributed by atoms with van der Waals surface area (Å²) in [6, 6.07) is 9.05. The van der Waals surface area contributed by atoms with Crippen LogP contribution in [0.2, 0.25) is 0 Å². The van der Waals surface area contributed by atoms with Gasteiger partial charge in [0, 0.05) is 11.4 Å². The number of hydrogen-bond donors (Lipinski definition) is 1. The summed E-state index contributed by atoms with van der Waals surface area (Å²) in [6.07, 6.45) is 0. The van der Waals surface area contributed by atoms with E-state index >= 15 is 0 Å². The second-order valence-corrected chi connectivity index (χ2v) is 2.76. The number of benzene rings is 1. The van der Waals surface area contributed by atoms with Crippen LogP contribution in [0.25, 0.3) is 0 Å². The van der Waals surface area contributed by atoms with Crippen LogP contribution in [0.3, 0.4) is 0 Å². The van der Waals surface area contributed by atoms with E-state index in [0.29, 0.717) is 0 Å². The summed E-state index contributed by atoms with van der Waals surface area (Å²) in [7, 11) is 0. The van der Waals surface area contributed by atoms with Crippen LogP contribution in [0.5, 0.6) is 0 Å². The number of hydrogen-bond acceptors (Lipinski definition) is 2. The van der Waals surface area contributed by atoms with Gasteiger partial charge in [-0.25, -0.2) is 0 Å². The standard InChI is InChI=1S/C7H6NS/c1-2-4-7-6(3-1)5-9-8-7/h2-4,8H,5H2. The average molecular weight is 136 g/mol. The first-order valence-electron chi connectivity index (χ1n) is 2.83. The zero-order valence-corrected chi connectivity index (χ0v) is 5.66. The summed E-state index contributed by atoms with van der Waals surface area (Å²) in [4.78, 5) is 0. The van der Waals surface area contributed by atoms with Crippen LogP contribution in [0.1, 0.15) is 5.56 Å². The monoisotopic (exact) mass is 136 g/mol. The predicted molar refractivity (Wildman–Crippen MR) is 40.2 cm³/mol. The van der Waals surface area contributed by atoms with Crippen molar-refractivity contribution in [1.82, 2.24) is 0 Å². The minimum Gasteiger partial charge on any atom is -0.329 e. The third-order valence-corrected chi connectivity index (χ3v) is 2.18. The Morgan fingerprint density at radius 2 is 2.67 bits per heavy atom. The predicted octanol–water partition coefficient (Wildman–Crippen LogP) is 2.06. The first-order chi connectivity index (χ1) is 4.47. The van der Waals surface area contributed by atoms with Gasteiger partial charge >= 0.3 is 0 Å². The van der Waals surface area contributed by atoms with Crippen LogP contribution in [-0.4, -0.2) is 0 Å². The molecule has 0 unspecified atom stereocenters. The molecule has 0 amide bonds. The third-order valence-electron chi connectivity index (χ3n) is 1.36. The van der Waals surface area contributed by atoms with Gasteiger partial charge in [0.2, 0.25) is 0 Å². The Kier molecular flexibility index (Phi) is 1.12. The van der Waals surface area contributed by atoms with Gasteiger partial charge in [0.25, 0.3) is 0 Å². The van der Waals surface area contributed by atoms with Crippen molar-refractivity contribution in [3.63, 3.8) is 0 Å². The fraction of sp³-hybridized carbons (Fsp3) is 0.143. The largest absolute Gasteiger partial charge is 0.329 e. The van der Waals surface area contributed by atoms with Crippen LogP contribution in [0, 0.1) is 6.07 Å². The summed E-state index contributed by atoms with van der Waals surface area (Å²) in [5.74, 6) is 1.08. The highest BCUT2D eigenvalue weighted by atomic mass is 32.2. The molecule has 0 fully saturated rings. The normalized spacial score (nSPS) is 14.7. The Labute approximate surface area is 58.6 Å². The van der Waals surface area contributed by atoms with E-state index in [0.717, 1.165) is 5.75 Å². The molecule has 1 aliphatic rings. The van der Waals surface area contributed by atoms with Gasteiger partial charge in [0.1, 0.15) is 0 Å². The first-order valence-corrected chi connectivity index (χ1v) is 3.82. The van der Waals surface area contributed by atoms with Crippen molar-refractivity contribution in [2.45, 2.75) is 5.75 Å². The van der Waals surface area contributed by atoms with Crippen molar-refractivity contribution in [2.24, 2.45) is 0 Å². The highest BCUT2D eigenvalue weighted by molar-refractivity contribution is 8.00. The van der Waals surface area contributed by atoms with E-state index in [2.05, 4.69) is 16.9 Å². The molecule has 1 aromatic carbocycles. The fourth-order valence-corrected chi connectivity index (χ4v) is 1.70. The summed E-state index contributed by atoms with van der Waals surface area (Å²) in [6.45, 7) is 0. The van der Waals surface area contributed by atoms with Gasteiger partial charge in [-0.3, -0.25) is 0 Å². The molecule has 0 atom stereocenters. The summed E-state index contributed by atoms with van der Waals surface area (Å²) in [5.41, 5.74) is 2.61. The van der Waals surface area contributed by atoms with Crippen LogP contribution < -0.4 is 4.72 Å². The van der Waals surface area contributed by atoms with Gasteiger partial charge < -0.3 is 4.72 Å². The number of nitrogens with one attached hydrogen (secondary N) is 1. The molecule has 0 spiro atoms. The quantitative estimate of drug-likeness (QED) is 0.548. The SMILES string of the molecule is [c]1ccc2c(c1)CSN2. The van der Waals surface area contributed by atoms with Gasteiger partial charge in [0.15, 0.2) is 0 Å². The molecule has 0 aliphatic carbocycles. The van der Waals surface area contributed by atoms with Crippen molar-refractivity contribution < 1.29 is 0 Å². The molecular formula is C7H6NS. The lowest BCUT2D eigenvalue weighted by atomic mass is 10.2. The second kappa shape index (κ2) is 1.95. The van der Waals surface area contributed by atoms with Crippen molar-refractivity contribution in [3.8, 4) is 0 Å². The van der Waals surface area contributed by atoms with Gasteiger partial charge in [0.05, 0.1) is 0 Å². The van der Waals surface area contributed by atoms with Gasteiger partial charge in [-0.05, 0) is 35.7 Å². The lowest BCUT2D eigenvalue weighted by Gasteiger charge is -1.92. The van der Waals surface area contributed by atoms with E-state index in [4.69, 9.17) is 0 Å². The van der Waals surface area contributed by atoms with Gasteiger partial charge in [-0.2, -0.15) is 0 Å². The number of anilines is 1. The van der Waals surface area contributed by atoms with Crippen molar-refractivity contribution >= 4 is 17.6 Å². The first kappa shape index (κ1) is 5.18. The number of fused-ring (bicyclic) bond motifs is 1. The molecule has 1 heterocycles. The summed E-state index contributed by atoms with van der Waals surface area (Å²) < 4.78 is 3.20. The Morgan fingerprint density at radius 3 is 3.56 bits per heavy atom. The molecule has 2 rings (SSSR count). The summed E-state index contributed by atoms with van der Waals surface area (Å²) >= 11 is 1.73. The van der Waals surface area contributed by atoms with E-state index in [1.54, 1.807) is 11.9 Å². The number of rotatable bonds is 0. The minimum atomic E-state index is 1.08. The molecular weight excluding hydrogens is 130 g/mol. The molecule has 9 heavy (non-hydrogen) atoms.